The molecule has 1 aromatic heterocycles. The fraction of sp³-hybridized carbons (Fsp3) is 0.429. The number of rotatable bonds is 19. The second-order valence-electron chi connectivity index (χ2n) is 16.5. The van der Waals surface area contributed by atoms with Gasteiger partial charge in [0.25, 0.3) is 5.91 Å². The molecule has 0 fully saturated rings. The predicted octanol–water partition coefficient (Wildman–Crippen LogP) is 2.42. The number of amides is 5. The first-order valence-electron chi connectivity index (χ1n) is 22.7. The molecule has 1 aliphatic rings. The fourth-order valence-corrected chi connectivity index (χ4v) is 7.82. The Morgan fingerprint density at radius 1 is 0.897 bits per heavy atom. The lowest BCUT2D eigenvalue weighted by molar-refractivity contribution is -0.141. The van der Waals surface area contributed by atoms with Crippen molar-refractivity contribution in [1.82, 2.24) is 36.1 Å². The molecular formula is C49H63N11O8. The van der Waals surface area contributed by atoms with E-state index < -0.39 is 53.7 Å². The number of nitrogens with zero attached hydrogens (tertiary/aromatic N) is 4. The lowest BCUT2D eigenvalue weighted by atomic mass is 9.93. The van der Waals surface area contributed by atoms with Crippen molar-refractivity contribution in [3.05, 3.63) is 88.2 Å². The zero-order chi connectivity index (χ0) is 49.5. The van der Waals surface area contributed by atoms with Crippen LogP contribution >= 0.6 is 0 Å². The Bertz CT molecular complexity index is 2490. The summed E-state index contributed by atoms with van der Waals surface area (Å²) in [5.41, 5.74) is 22.7. The minimum Gasteiger partial charge on any atom is -0.493 e. The average molecular weight is 934 g/mol. The summed E-state index contributed by atoms with van der Waals surface area (Å²) in [4.78, 5) is 80.8. The summed E-state index contributed by atoms with van der Waals surface area (Å²) in [5.74, 6) is -1.41. The number of aryl methyl sites for hydroxylation is 3. The molecule has 0 aliphatic carbocycles. The van der Waals surface area contributed by atoms with Crippen LogP contribution in [0.4, 0.5) is 0 Å². The number of benzene rings is 3. The number of likely N-dealkylation sites (N-methyl/N-ethyl adjacent to an activating group) is 1. The fourth-order valence-electron chi connectivity index (χ4n) is 7.82. The molecule has 0 saturated carbocycles. The maximum atomic E-state index is 14.7. The molecule has 5 amide bonds. The third kappa shape index (κ3) is 12.8. The van der Waals surface area contributed by atoms with E-state index in [0.29, 0.717) is 51.9 Å². The van der Waals surface area contributed by atoms with E-state index in [1.54, 1.807) is 43.3 Å². The van der Waals surface area contributed by atoms with Crippen LogP contribution in [0.5, 0.6) is 17.2 Å². The summed E-state index contributed by atoms with van der Waals surface area (Å²) in [6.45, 7) is 10.1. The number of ether oxygens (including phenoxy) is 3. The number of hydrogen-bond donors (Lipinski definition) is 7. The zero-order valence-electron chi connectivity index (χ0n) is 39.6. The molecule has 5 rings (SSSR count). The van der Waals surface area contributed by atoms with Gasteiger partial charge in [0.05, 0.1) is 23.9 Å². The third-order valence-electron chi connectivity index (χ3n) is 11.3. The van der Waals surface area contributed by atoms with Gasteiger partial charge in [-0.1, -0.05) is 25.5 Å². The van der Waals surface area contributed by atoms with Gasteiger partial charge in [-0.2, -0.15) is 5.26 Å². The van der Waals surface area contributed by atoms with Gasteiger partial charge in [0.15, 0.2) is 5.82 Å². The number of carbonyl (C=O) groups is 5. The van der Waals surface area contributed by atoms with Gasteiger partial charge in [0.1, 0.15) is 61.2 Å². The topological polar surface area (TPSA) is 292 Å². The smallest absolute Gasteiger partial charge is 0.255 e. The van der Waals surface area contributed by atoms with Crippen molar-refractivity contribution in [2.75, 3.05) is 53.0 Å². The highest BCUT2D eigenvalue weighted by Crippen LogP contribution is 2.40. The molecule has 4 atom stereocenters. The Morgan fingerprint density at radius 3 is 2.18 bits per heavy atom. The van der Waals surface area contributed by atoms with E-state index in [1.165, 1.54) is 25.1 Å². The second kappa shape index (κ2) is 24.6. The van der Waals surface area contributed by atoms with Crippen LogP contribution in [0.15, 0.2) is 54.7 Å². The van der Waals surface area contributed by atoms with E-state index in [9.17, 15) is 29.2 Å². The van der Waals surface area contributed by atoms with Crippen molar-refractivity contribution in [2.24, 2.45) is 17.2 Å². The third-order valence-corrected chi connectivity index (χ3v) is 11.3. The quantitative estimate of drug-likeness (QED) is 0.0525. The molecule has 19 nitrogen and oxygen atoms in total. The molecule has 0 unspecified atom stereocenters. The average Bonchev–Trinajstić information content (AvgIpc) is 3.32. The van der Waals surface area contributed by atoms with Crippen LogP contribution in [0.1, 0.15) is 77.5 Å². The SMILES string of the molecule is CCCCOc1c(C)cc(-c2ncc(C(=O)N[C@@H](CCN)C(=O)N(C)[C@@H]3C(=O)N[C@@H](C)C(=O)N[C@H](C(=O)NCC#N)Cc4ccc(OCCN)c(c4)-c4cc3ccc4OCCN)c(C)n2)cc1C. The number of fused-ring (bicyclic) bond motifs is 5. The van der Waals surface area contributed by atoms with Crippen molar-refractivity contribution in [1.29, 1.82) is 5.26 Å². The minimum atomic E-state index is -1.41. The number of carbonyl (C=O) groups excluding carboxylic acids is 5. The number of unbranched alkanes of at least 4 members (excludes halogenated alkanes) is 1. The van der Waals surface area contributed by atoms with Crippen molar-refractivity contribution in [2.45, 2.75) is 84.5 Å². The number of nitriles is 1. The summed E-state index contributed by atoms with van der Waals surface area (Å²) in [5, 5.41) is 19.9. The number of hydrogen-bond acceptors (Lipinski definition) is 14. The Kier molecular flexibility index (Phi) is 18.7. The Labute approximate surface area is 396 Å². The highest BCUT2D eigenvalue weighted by atomic mass is 16.5. The molecule has 0 radical (unpaired) electrons. The summed E-state index contributed by atoms with van der Waals surface area (Å²) in [6, 6.07) is 10.9. The highest BCUT2D eigenvalue weighted by Gasteiger charge is 2.36. The van der Waals surface area contributed by atoms with Crippen molar-refractivity contribution in [3.63, 3.8) is 0 Å². The molecule has 2 heterocycles. The standard InChI is InChI=1S/C49H63N11O8/c1-7-8-19-68-43-28(2)22-34(23-29(43)3)44-55-27-37(30(4)56-44)46(62)58-38(13-14-50)49(65)60(6)42-33-10-12-41(67-21-17-53)36(26-33)35-24-32(9-11-40(35)66-20-16-52)25-39(47(63)54-18-15-51)59-45(61)31(5)57-48(42)64/h9-12,22-24,26-27,31,38-39,42H,7-8,13-14,16-21,25,50,52-53H2,1-6H3,(H,54,63)(H,57,64)(H,58,62)(H,59,61)/t31-,38-,39-,42-/m0/s1. The van der Waals surface area contributed by atoms with Crippen molar-refractivity contribution >= 4 is 29.5 Å². The Morgan fingerprint density at radius 2 is 1.56 bits per heavy atom. The van der Waals surface area contributed by atoms with Crippen LogP contribution in [0, 0.1) is 32.1 Å². The van der Waals surface area contributed by atoms with E-state index in [0.717, 1.165) is 35.3 Å². The Balaban J connectivity index is 1.54. The molecule has 19 heteroatoms. The number of nitrogens with one attached hydrogen (secondary N) is 4. The molecule has 4 bridgehead atoms. The molecule has 10 N–H and O–H groups in total. The molecule has 0 spiro atoms. The summed E-state index contributed by atoms with van der Waals surface area (Å²) in [6.07, 6.45) is 3.35. The van der Waals surface area contributed by atoms with Gasteiger partial charge in [-0.25, -0.2) is 9.97 Å². The summed E-state index contributed by atoms with van der Waals surface area (Å²) < 4.78 is 18.2. The van der Waals surface area contributed by atoms with Crippen molar-refractivity contribution in [3.8, 4) is 45.8 Å². The summed E-state index contributed by atoms with van der Waals surface area (Å²) >= 11 is 0. The van der Waals surface area contributed by atoms with E-state index in [-0.39, 0.29) is 57.8 Å². The van der Waals surface area contributed by atoms with Gasteiger partial charge in [0.2, 0.25) is 23.6 Å². The van der Waals surface area contributed by atoms with Gasteiger partial charge in [-0.3, -0.25) is 24.0 Å². The maximum absolute atomic E-state index is 14.7. The lowest BCUT2D eigenvalue weighted by Gasteiger charge is -2.32. The molecule has 3 aromatic carbocycles. The first-order valence-corrected chi connectivity index (χ1v) is 22.7. The van der Waals surface area contributed by atoms with Gasteiger partial charge >= 0.3 is 0 Å². The predicted molar refractivity (Wildman–Crippen MR) is 255 cm³/mol. The second-order valence-corrected chi connectivity index (χ2v) is 16.5. The molecule has 68 heavy (non-hydrogen) atoms. The highest BCUT2D eigenvalue weighted by molar-refractivity contribution is 6.00. The minimum absolute atomic E-state index is 0.00129. The monoisotopic (exact) mass is 933 g/mol. The molecular weight excluding hydrogens is 871 g/mol. The first kappa shape index (κ1) is 51.8. The van der Waals surface area contributed by atoms with E-state index >= 15 is 0 Å². The zero-order valence-corrected chi connectivity index (χ0v) is 39.6. The van der Waals surface area contributed by atoms with Crippen LogP contribution < -0.4 is 52.7 Å². The van der Waals surface area contributed by atoms with Gasteiger partial charge in [-0.15, -0.1) is 0 Å². The molecule has 362 valence electrons. The molecule has 4 aromatic rings. The van der Waals surface area contributed by atoms with Gasteiger partial charge in [0, 0.05) is 49.4 Å². The summed E-state index contributed by atoms with van der Waals surface area (Å²) in [7, 11) is 1.41. The van der Waals surface area contributed by atoms with Crippen LogP contribution in [0.25, 0.3) is 22.5 Å². The van der Waals surface area contributed by atoms with Crippen molar-refractivity contribution < 1.29 is 38.2 Å². The van der Waals surface area contributed by atoms with E-state index in [1.807, 2.05) is 32.0 Å². The maximum Gasteiger partial charge on any atom is 0.255 e. The Hall–Kier alpha value is -7.14. The lowest BCUT2D eigenvalue weighted by Crippen LogP contribution is -2.56. The van der Waals surface area contributed by atoms with E-state index in [2.05, 4.69) is 38.2 Å². The normalized spacial score (nSPS) is 16.2. The largest absolute Gasteiger partial charge is 0.493 e. The van der Waals surface area contributed by atoms with Gasteiger partial charge in [-0.05, 0) is 106 Å². The van der Waals surface area contributed by atoms with Crippen LogP contribution in [0.2, 0.25) is 0 Å². The van der Waals surface area contributed by atoms with Crippen LogP contribution in [-0.4, -0.2) is 116 Å². The van der Waals surface area contributed by atoms with Crippen LogP contribution in [-0.2, 0) is 25.6 Å². The van der Waals surface area contributed by atoms with Crippen LogP contribution in [0.3, 0.4) is 0 Å². The van der Waals surface area contributed by atoms with Gasteiger partial charge < -0.3 is 57.6 Å². The molecule has 0 saturated heterocycles. The van der Waals surface area contributed by atoms with E-state index in [4.69, 9.17) is 31.4 Å². The number of nitrogens with two attached hydrogens (primary N) is 3. The molecule has 1 aliphatic heterocycles. The number of aromatic nitrogens is 2. The first-order chi connectivity index (χ1) is 32.6.